The molecule has 1 N–H and O–H groups in total. The summed E-state index contributed by atoms with van der Waals surface area (Å²) in [6.07, 6.45) is 0.803. The fourth-order valence-electron chi connectivity index (χ4n) is 1.61. The number of nitrogens with one attached hydrogen (secondary N) is 1. The molecule has 3 nitrogen and oxygen atoms in total. The minimum atomic E-state index is 0.573. The number of rotatable bonds is 2. The summed E-state index contributed by atoms with van der Waals surface area (Å²) in [6, 6.07) is 5.86. The predicted octanol–water partition coefficient (Wildman–Crippen LogP) is 3.45. The van der Waals surface area contributed by atoms with Crippen LogP contribution in [0, 0.1) is 11.7 Å². The van der Waals surface area contributed by atoms with Crippen molar-refractivity contribution in [2.24, 2.45) is 0 Å². The van der Waals surface area contributed by atoms with Crippen molar-refractivity contribution in [3.63, 3.8) is 0 Å². The normalized spacial score (nSPS) is 10.7. The summed E-state index contributed by atoms with van der Waals surface area (Å²) in [5.74, 6) is 0.887. The van der Waals surface area contributed by atoms with Gasteiger partial charge in [-0.1, -0.05) is 24.6 Å². The van der Waals surface area contributed by atoms with Crippen LogP contribution < -0.4 is 0 Å². The highest BCUT2D eigenvalue weighted by molar-refractivity contribution is 7.71. The van der Waals surface area contributed by atoms with Gasteiger partial charge in [0.1, 0.15) is 5.82 Å². The van der Waals surface area contributed by atoms with Crippen molar-refractivity contribution in [2.75, 3.05) is 0 Å². The molecule has 0 unspecified atom stereocenters. The monoisotopic (exact) mass is 253 g/mol. The summed E-state index contributed by atoms with van der Waals surface area (Å²) in [5, 5.41) is 7.64. The van der Waals surface area contributed by atoms with Gasteiger partial charge in [0.2, 0.25) is 0 Å². The topological polar surface area (TPSA) is 33.6 Å². The van der Waals surface area contributed by atoms with Gasteiger partial charge in [0, 0.05) is 6.42 Å². The molecule has 0 aliphatic rings. The summed E-state index contributed by atoms with van der Waals surface area (Å²) in [6.45, 7) is 4.06. The second kappa shape index (κ2) is 4.39. The minimum absolute atomic E-state index is 0.573. The average molecular weight is 254 g/mol. The molecule has 0 aliphatic heterocycles. The van der Waals surface area contributed by atoms with Gasteiger partial charge < -0.3 is 0 Å². The van der Waals surface area contributed by atoms with Gasteiger partial charge in [-0.3, -0.25) is 9.67 Å². The van der Waals surface area contributed by atoms with Gasteiger partial charge in [-0.05, 0) is 36.8 Å². The van der Waals surface area contributed by atoms with E-state index in [0.29, 0.717) is 9.79 Å². The van der Waals surface area contributed by atoms with Crippen LogP contribution in [0.1, 0.15) is 18.3 Å². The standard InChI is InChI=1S/C11H12ClN3S/c1-3-10-13-14-11(16)15(10)9-6-7(2)4-5-8(9)12/h4-6H,3H2,1-2H3,(H,14,16). The molecule has 0 amide bonds. The van der Waals surface area contributed by atoms with Crippen molar-refractivity contribution in [3.8, 4) is 5.69 Å². The Labute approximate surface area is 104 Å². The lowest BCUT2D eigenvalue weighted by Gasteiger charge is -2.08. The van der Waals surface area contributed by atoms with E-state index in [4.69, 9.17) is 23.8 Å². The zero-order valence-corrected chi connectivity index (χ0v) is 10.7. The lowest BCUT2D eigenvalue weighted by molar-refractivity contribution is 0.879. The van der Waals surface area contributed by atoms with E-state index in [-0.39, 0.29) is 0 Å². The molecule has 1 heterocycles. The van der Waals surface area contributed by atoms with Crippen LogP contribution in [0.3, 0.4) is 0 Å². The zero-order valence-electron chi connectivity index (χ0n) is 9.12. The van der Waals surface area contributed by atoms with Crippen LogP contribution in [0.25, 0.3) is 5.69 Å². The van der Waals surface area contributed by atoms with Crippen LogP contribution in [0.15, 0.2) is 18.2 Å². The Morgan fingerprint density at radius 3 is 2.94 bits per heavy atom. The zero-order chi connectivity index (χ0) is 11.7. The quantitative estimate of drug-likeness (QED) is 0.832. The van der Waals surface area contributed by atoms with Crippen LogP contribution in [-0.2, 0) is 6.42 Å². The Balaban J connectivity index is 2.71. The molecule has 16 heavy (non-hydrogen) atoms. The Bertz CT molecular complexity index is 571. The number of H-pyrrole nitrogens is 1. The summed E-state index contributed by atoms with van der Waals surface area (Å²) >= 11 is 11.4. The highest BCUT2D eigenvalue weighted by atomic mass is 35.5. The highest BCUT2D eigenvalue weighted by Gasteiger charge is 2.09. The van der Waals surface area contributed by atoms with E-state index in [9.17, 15) is 0 Å². The molecule has 1 aromatic heterocycles. The van der Waals surface area contributed by atoms with E-state index in [1.54, 1.807) is 0 Å². The number of hydrogen-bond donors (Lipinski definition) is 1. The maximum Gasteiger partial charge on any atom is 0.199 e. The molecule has 1 aromatic carbocycles. The first-order valence-corrected chi connectivity index (χ1v) is 5.85. The van der Waals surface area contributed by atoms with E-state index in [0.717, 1.165) is 23.5 Å². The molecule has 0 aliphatic carbocycles. The first-order valence-electron chi connectivity index (χ1n) is 5.06. The average Bonchev–Trinajstić information content (AvgIpc) is 2.63. The number of aromatic amines is 1. The molecule has 0 radical (unpaired) electrons. The first kappa shape index (κ1) is 11.4. The second-order valence-corrected chi connectivity index (χ2v) is 4.38. The van der Waals surface area contributed by atoms with Gasteiger partial charge >= 0.3 is 0 Å². The number of halogens is 1. The first-order chi connectivity index (χ1) is 7.63. The van der Waals surface area contributed by atoms with Crippen LogP contribution in [0.2, 0.25) is 5.02 Å². The van der Waals surface area contributed by atoms with Crippen molar-refractivity contribution < 1.29 is 0 Å². The third kappa shape index (κ3) is 1.90. The molecule has 2 rings (SSSR count). The number of nitrogens with zero attached hydrogens (tertiary/aromatic N) is 2. The molecule has 2 aromatic rings. The predicted molar refractivity (Wildman–Crippen MR) is 67.9 cm³/mol. The Hall–Kier alpha value is -1.13. The molecule has 0 bridgehead atoms. The van der Waals surface area contributed by atoms with Crippen molar-refractivity contribution in [2.45, 2.75) is 20.3 Å². The number of hydrogen-bond acceptors (Lipinski definition) is 2. The van der Waals surface area contributed by atoms with Crippen LogP contribution in [0.4, 0.5) is 0 Å². The second-order valence-electron chi connectivity index (χ2n) is 3.59. The summed E-state index contributed by atoms with van der Waals surface area (Å²) < 4.78 is 2.45. The Morgan fingerprint density at radius 1 is 1.50 bits per heavy atom. The molecule has 0 saturated carbocycles. The van der Waals surface area contributed by atoms with Crippen molar-refractivity contribution in [3.05, 3.63) is 39.4 Å². The van der Waals surface area contributed by atoms with Crippen molar-refractivity contribution in [1.29, 1.82) is 0 Å². The lowest BCUT2D eigenvalue weighted by Crippen LogP contribution is -2.01. The largest absolute Gasteiger partial charge is 0.271 e. The van der Waals surface area contributed by atoms with Gasteiger partial charge in [-0.25, -0.2) is 0 Å². The molecular weight excluding hydrogens is 242 g/mol. The maximum atomic E-state index is 6.18. The van der Waals surface area contributed by atoms with Crippen LogP contribution >= 0.6 is 23.8 Å². The SMILES string of the molecule is CCc1n[nH]c(=S)n1-c1cc(C)ccc1Cl. The van der Waals surface area contributed by atoms with E-state index < -0.39 is 0 Å². The van der Waals surface area contributed by atoms with Crippen LogP contribution in [0.5, 0.6) is 0 Å². The molecular formula is C11H12ClN3S. The fraction of sp³-hybridized carbons (Fsp3) is 0.273. The molecule has 0 saturated heterocycles. The van der Waals surface area contributed by atoms with Crippen molar-refractivity contribution >= 4 is 23.8 Å². The van der Waals surface area contributed by atoms with Gasteiger partial charge in [-0.2, -0.15) is 5.10 Å². The number of aromatic nitrogens is 3. The third-order valence-electron chi connectivity index (χ3n) is 2.40. The van der Waals surface area contributed by atoms with Crippen molar-refractivity contribution in [1.82, 2.24) is 14.8 Å². The minimum Gasteiger partial charge on any atom is -0.271 e. The Morgan fingerprint density at radius 2 is 2.25 bits per heavy atom. The highest BCUT2D eigenvalue weighted by Crippen LogP contribution is 2.23. The van der Waals surface area contributed by atoms with Gasteiger partial charge in [-0.15, -0.1) is 0 Å². The van der Waals surface area contributed by atoms with E-state index >= 15 is 0 Å². The van der Waals surface area contributed by atoms with E-state index in [2.05, 4.69) is 10.2 Å². The van der Waals surface area contributed by atoms with Gasteiger partial charge in [0.15, 0.2) is 4.77 Å². The molecule has 5 heteroatoms. The number of benzene rings is 1. The summed E-state index contributed by atoms with van der Waals surface area (Å²) in [5.41, 5.74) is 2.03. The Kier molecular flexibility index (Phi) is 3.12. The summed E-state index contributed by atoms with van der Waals surface area (Å²) in [4.78, 5) is 0. The molecule has 0 fully saturated rings. The molecule has 84 valence electrons. The van der Waals surface area contributed by atoms with E-state index in [1.807, 2.05) is 36.6 Å². The lowest BCUT2D eigenvalue weighted by atomic mass is 10.2. The van der Waals surface area contributed by atoms with Gasteiger partial charge in [0.25, 0.3) is 0 Å². The van der Waals surface area contributed by atoms with E-state index in [1.165, 1.54) is 0 Å². The number of aryl methyl sites for hydroxylation is 2. The molecule has 0 spiro atoms. The maximum absolute atomic E-state index is 6.18. The van der Waals surface area contributed by atoms with Gasteiger partial charge in [0.05, 0.1) is 10.7 Å². The third-order valence-corrected chi connectivity index (χ3v) is 2.99. The smallest absolute Gasteiger partial charge is 0.199 e. The fourth-order valence-corrected chi connectivity index (χ4v) is 2.06. The summed E-state index contributed by atoms with van der Waals surface area (Å²) in [7, 11) is 0. The molecule has 0 atom stereocenters. The van der Waals surface area contributed by atoms with Crippen LogP contribution in [-0.4, -0.2) is 14.8 Å².